The molecule has 0 heterocycles. The predicted molar refractivity (Wildman–Crippen MR) is 38.1 cm³/mol. The van der Waals surface area contributed by atoms with Crippen LogP contribution in [-0.2, 0) is 4.79 Å². The number of nitrogens with zero attached hydrogens (tertiary/aromatic N) is 1. The molecule has 0 amide bonds. The summed E-state index contributed by atoms with van der Waals surface area (Å²) in [6, 6.07) is 0. The van der Waals surface area contributed by atoms with Crippen molar-refractivity contribution in [3.05, 3.63) is 11.3 Å². The van der Waals surface area contributed by atoms with E-state index >= 15 is 0 Å². The van der Waals surface area contributed by atoms with Crippen molar-refractivity contribution in [3.8, 4) is 0 Å². The maximum Gasteiger partial charge on any atom is 0.434 e. The molecular formula is C6H7ClF3N2O+. The molecule has 0 aromatic rings. The number of halogens is 4. The molecule has 0 fully saturated rings. The topological polar surface area (TPSA) is 55.5 Å². The number of allylic oxidation sites excluding steroid dienone is 2. The Balaban J connectivity index is 5.22. The molecule has 0 aliphatic heterocycles. The lowest BCUT2D eigenvalue weighted by atomic mass is 10.2. The summed E-state index contributed by atoms with van der Waals surface area (Å²) < 4.78 is 35.8. The van der Waals surface area contributed by atoms with Crippen molar-refractivity contribution in [1.82, 2.24) is 0 Å². The molecule has 0 radical (unpaired) electrons. The van der Waals surface area contributed by atoms with E-state index in [1.165, 1.54) is 7.05 Å². The normalized spacial score (nSPS) is 14.5. The SMILES string of the molecule is CN=CC(C(=O)[ClH+])=C(N)C(F)(F)F. The highest BCUT2D eigenvalue weighted by atomic mass is 35.5. The number of aliphatic imine (C=N–C) groups is 1. The molecule has 0 bridgehead atoms. The highest BCUT2D eigenvalue weighted by Gasteiger charge is 2.37. The first-order valence-corrected chi connectivity index (χ1v) is 3.42. The summed E-state index contributed by atoms with van der Waals surface area (Å²) in [7, 11) is 1.21. The van der Waals surface area contributed by atoms with Gasteiger partial charge in [0, 0.05) is 13.3 Å². The van der Waals surface area contributed by atoms with Crippen LogP contribution in [-0.4, -0.2) is 24.7 Å². The summed E-state index contributed by atoms with van der Waals surface area (Å²) >= 11 is 4.04. The molecule has 7 heteroatoms. The van der Waals surface area contributed by atoms with Crippen molar-refractivity contribution in [3.63, 3.8) is 0 Å². The summed E-state index contributed by atoms with van der Waals surface area (Å²) in [4.78, 5) is 13.7. The van der Waals surface area contributed by atoms with Gasteiger partial charge in [0.2, 0.25) is 0 Å². The van der Waals surface area contributed by atoms with Crippen LogP contribution in [0.4, 0.5) is 13.2 Å². The monoisotopic (exact) mass is 215 g/mol. The molecule has 0 unspecified atom stereocenters. The van der Waals surface area contributed by atoms with E-state index in [-0.39, 0.29) is 0 Å². The van der Waals surface area contributed by atoms with Gasteiger partial charge in [0.05, 0.1) is 0 Å². The molecular weight excluding hydrogens is 209 g/mol. The first-order valence-electron chi connectivity index (χ1n) is 3.01. The fourth-order valence-electron chi connectivity index (χ4n) is 0.514. The zero-order valence-corrected chi connectivity index (χ0v) is 7.37. The lowest BCUT2D eigenvalue weighted by molar-refractivity contribution is -0.298. The van der Waals surface area contributed by atoms with E-state index < -0.39 is 22.7 Å². The molecule has 0 aliphatic carbocycles. The number of hydrogen-bond donors (Lipinski definition) is 1. The fraction of sp³-hybridized carbons (Fsp3) is 0.333. The third kappa shape index (κ3) is 3.45. The van der Waals surface area contributed by atoms with Gasteiger partial charge in [0.1, 0.15) is 11.3 Å². The first-order chi connectivity index (χ1) is 5.80. The minimum absolute atomic E-state index is 0.693. The fourth-order valence-corrected chi connectivity index (χ4v) is 0.677. The van der Waals surface area contributed by atoms with Crippen molar-refractivity contribution in [1.29, 1.82) is 0 Å². The molecule has 0 rings (SSSR count). The van der Waals surface area contributed by atoms with E-state index in [1.807, 2.05) is 0 Å². The van der Waals surface area contributed by atoms with Crippen LogP contribution in [0.2, 0.25) is 0 Å². The van der Waals surface area contributed by atoms with Crippen molar-refractivity contribution >= 4 is 11.5 Å². The Hall–Kier alpha value is -1.04. The van der Waals surface area contributed by atoms with Gasteiger partial charge in [-0.3, -0.25) is 4.99 Å². The summed E-state index contributed by atoms with van der Waals surface area (Å²) in [6.07, 6.45) is -4.07. The van der Waals surface area contributed by atoms with E-state index in [0.29, 0.717) is 6.21 Å². The van der Waals surface area contributed by atoms with Crippen LogP contribution in [0.1, 0.15) is 0 Å². The Morgan fingerprint density at radius 2 is 2.00 bits per heavy atom. The third-order valence-electron chi connectivity index (χ3n) is 1.07. The average Bonchev–Trinajstić information content (AvgIpc) is 1.96. The van der Waals surface area contributed by atoms with E-state index in [4.69, 9.17) is 0 Å². The van der Waals surface area contributed by atoms with Crippen molar-refractivity contribution in [2.75, 3.05) is 7.05 Å². The molecule has 0 saturated carbocycles. The van der Waals surface area contributed by atoms with Crippen LogP contribution < -0.4 is 5.73 Å². The number of alkyl halides is 3. The summed E-state index contributed by atoms with van der Waals surface area (Å²) in [6.45, 7) is 0. The van der Waals surface area contributed by atoms with Gasteiger partial charge in [-0.2, -0.15) is 13.2 Å². The molecule has 0 atom stereocenters. The van der Waals surface area contributed by atoms with Gasteiger partial charge in [0.15, 0.2) is 11.6 Å². The lowest BCUT2D eigenvalue weighted by Gasteiger charge is -2.06. The van der Waals surface area contributed by atoms with E-state index in [1.54, 1.807) is 0 Å². The standard InChI is InChI=1S/C6H6ClF3N2O/c1-12-2-3(5(7)13)4(11)6(8,9)10/h2,7H,1H3,(H-,11,12,13)/p+1. The molecule has 74 valence electrons. The van der Waals surface area contributed by atoms with Crippen molar-refractivity contribution < 1.29 is 29.6 Å². The van der Waals surface area contributed by atoms with Gasteiger partial charge in [-0.1, -0.05) is 0 Å². The average molecular weight is 216 g/mol. The summed E-state index contributed by atoms with van der Waals surface area (Å²) in [5, 5.41) is -1.18. The van der Waals surface area contributed by atoms with Crippen LogP contribution in [0.25, 0.3) is 0 Å². The van der Waals surface area contributed by atoms with Crippen LogP contribution in [0.15, 0.2) is 16.3 Å². The van der Waals surface area contributed by atoms with Gasteiger partial charge >= 0.3 is 11.4 Å². The molecule has 0 aliphatic rings. The number of carbonyl (C=O) groups is 1. The van der Waals surface area contributed by atoms with Crippen LogP contribution in [0, 0.1) is 11.6 Å². The Bertz CT molecular complexity index is 270. The molecule has 13 heavy (non-hydrogen) atoms. The number of rotatable bonds is 2. The summed E-state index contributed by atoms with van der Waals surface area (Å²) in [5.41, 5.74) is 2.34. The minimum atomic E-state index is -4.76. The Morgan fingerprint density at radius 3 is 2.23 bits per heavy atom. The van der Waals surface area contributed by atoms with Gasteiger partial charge in [0.25, 0.3) is 0 Å². The van der Waals surface area contributed by atoms with Crippen LogP contribution in [0.5, 0.6) is 0 Å². The Labute approximate surface area is 77.1 Å². The second-order valence-corrected chi connectivity index (χ2v) is 2.37. The maximum atomic E-state index is 11.9. The van der Waals surface area contributed by atoms with Crippen LogP contribution >= 0.6 is 0 Å². The zero-order valence-electron chi connectivity index (χ0n) is 6.55. The highest BCUT2D eigenvalue weighted by molar-refractivity contribution is 6.08. The third-order valence-corrected chi connectivity index (χ3v) is 1.29. The number of hydrogen-bond acceptors (Lipinski definition) is 3. The Morgan fingerprint density at radius 1 is 1.54 bits per heavy atom. The van der Waals surface area contributed by atoms with E-state index in [2.05, 4.69) is 22.3 Å². The van der Waals surface area contributed by atoms with E-state index in [0.717, 1.165) is 0 Å². The molecule has 3 nitrogen and oxygen atoms in total. The summed E-state index contributed by atoms with van der Waals surface area (Å²) in [5.74, 6) is 0. The van der Waals surface area contributed by atoms with Crippen molar-refractivity contribution in [2.24, 2.45) is 10.7 Å². The second-order valence-electron chi connectivity index (χ2n) is 2.00. The van der Waals surface area contributed by atoms with Gasteiger partial charge in [-0.05, 0) is 0 Å². The highest BCUT2D eigenvalue weighted by Crippen LogP contribution is 2.23. The van der Waals surface area contributed by atoms with Crippen LogP contribution in [0.3, 0.4) is 0 Å². The molecule has 0 aromatic carbocycles. The minimum Gasteiger partial charge on any atom is -0.394 e. The smallest absolute Gasteiger partial charge is 0.394 e. The predicted octanol–water partition coefficient (Wildman–Crippen LogP) is 0.270. The zero-order chi connectivity index (χ0) is 10.6. The van der Waals surface area contributed by atoms with E-state index in [9.17, 15) is 18.0 Å². The number of carbonyl (C=O) groups excluding carboxylic acids is 1. The molecule has 2 N–H and O–H groups in total. The quantitative estimate of drug-likeness (QED) is 0.408. The second kappa shape index (κ2) is 4.27. The Kier molecular flexibility index (Phi) is 3.93. The molecule has 0 aromatic heterocycles. The van der Waals surface area contributed by atoms with Gasteiger partial charge in [-0.15, -0.1) is 0 Å². The molecule has 0 spiro atoms. The first kappa shape index (κ1) is 12.0. The lowest BCUT2D eigenvalue weighted by Crippen LogP contribution is -2.24. The molecule has 0 saturated heterocycles. The van der Waals surface area contributed by atoms with Crippen molar-refractivity contribution in [2.45, 2.75) is 6.18 Å². The van der Waals surface area contributed by atoms with Gasteiger partial charge < -0.3 is 5.73 Å². The largest absolute Gasteiger partial charge is 0.434 e. The van der Waals surface area contributed by atoms with Gasteiger partial charge in [-0.25, -0.2) is 4.79 Å². The number of nitrogens with two attached hydrogens (primary N) is 1. The maximum absolute atomic E-state index is 11.9.